The van der Waals surface area contributed by atoms with Gasteiger partial charge in [-0.1, -0.05) is 13.8 Å². The number of aryl methyl sites for hydroxylation is 1. The number of nitrogens with zero attached hydrogens (tertiary/aromatic N) is 3. The number of fused-ring (bicyclic) bond motifs is 1. The van der Waals surface area contributed by atoms with Gasteiger partial charge in [0.2, 0.25) is 5.28 Å². The molecule has 0 spiro atoms. The van der Waals surface area contributed by atoms with Gasteiger partial charge in [-0.05, 0) is 50.4 Å². The van der Waals surface area contributed by atoms with Crippen molar-refractivity contribution in [2.75, 3.05) is 0 Å². The zero-order chi connectivity index (χ0) is 16.9. The lowest BCUT2D eigenvalue weighted by molar-refractivity contribution is 0.616. The number of thiazole rings is 1. The molecule has 6 heteroatoms. The van der Waals surface area contributed by atoms with Crippen molar-refractivity contribution < 1.29 is 4.39 Å². The Labute approximate surface area is 144 Å². The number of aromatic nitrogens is 3. The van der Waals surface area contributed by atoms with E-state index in [9.17, 15) is 4.39 Å². The minimum Gasteiger partial charge on any atom is -0.312 e. The van der Waals surface area contributed by atoms with E-state index in [2.05, 4.69) is 23.8 Å². The smallest absolute Gasteiger partial charge is 0.204 e. The third-order valence-electron chi connectivity index (χ3n) is 3.88. The molecular weight excluding hydrogens is 333 g/mol. The molecule has 0 N–H and O–H groups in total. The third-order valence-corrected chi connectivity index (χ3v) is 5.15. The van der Waals surface area contributed by atoms with E-state index < -0.39 is 0 Å². The van der Waals surface area contributed by atoms with Crippen molar-refractivity contribution in [2.45, 2.75) is 46.6 Å². The van der Waals surface area contributed by atoms with Gasteiger partial charge in [-0.15, -0.1) is 11.3 Å². The van der Waals surface area contributed by atoms with Gasteiger partial charge in [0, 0.05) is 10.9 Å². The van der Waals surface area contributed by atoms with Crippen LogP contribution >= 0.6 is 22.9 Å². The average molecular weight is 352 g/mol. The molecule has 23 heavy (non-hydrogen) atoms. The Morgan fingerprint density at radius 1 is 1.17 bits per heavy atom. The van der Waals surface area contributed by atoms with E-state index >= 15 is 0 Å². The molecule has 0 amide bonds. The predicted molar refractivity (Wildman–Crippen MR) is 95.0 cm³/mol. The fourth-order valence-electron chi connectivity index (χ4n) is 2.85. The summed E-state index contributed by atoms with van der Waals surface area (Å²) in [5.41, 5.74) is 2.87. The maximum atomic E-state index is 14.6. The van der Waals surface area contributed by atoms with Crippen LogP contribution < -0.4 is 0 Å². The van der Waals surface area contributed by atoms with Crippen molar-refractivity contribution in [2.24, 2.45) is 0 Å². The molecule has 0 saturated carbocycles. The molecule has 0 saturated heterocycles. The second-order valence-electron chi connectivity index (χ2n) is 6.25. The minimum absolute atomic E-state index is 0.148. The molecule has 0 aliphatic heterocycles. The van der Waals surface area contributed by atoms with E-state index in [1.165, 1.54) is 17.4 Å². The van der Waals surface area contributed by atoms with Crippen LogP contribution in [-0.4, -0.2) is 14.5 Å². The first-order valence-electron chi connectivity index (χ1n) is 7.64. The second-order valence-corrected chi connectivity index (χ2v) is 7.79. The molecule has 2 aromatic heterocycles. The van der Waals surface area contributed by atoms with Crippen LogP contribution in [0.25, 0.3) is 21.6 Å². The molecule has 0 aliphatic rings. The molecule has 3 rings (SSSR count). The standard InChI is InChI=1S/C17H19ClFN3S/c1-8(2)14-10(5)23-16(20-14)13-11(19)6-7-12-15(13)21-17(18)22(12)9(3)4/h6-9H,1-5H3. The summed E-state index contributed by atoms with van der Waals surface area (Å²) in [6.07, 6.45) is 0. The molecule has 2 heterocycles. The quantitative estimate of drug-likeness (QED) is 0.582. The first kappa shape index (κ1) is 16.4. The maximum Gasteiger partial charge on any atom is 0.204 e. The van der Waals surface area contributed by atoms with Gasteiger partial charge >= 0.3 is 0 Å². The Morgan fingerprint density at radius 3 is 2.43 bits per heavy atom. The van der Waals surface area contributed by atoms with E-state index in [1.54, 1.807) is 6.07 Å². The van der Waals surface area contributed by atoms with Gasteiger partial charge in [-0.2, -0.15) is 0 Å². The van der Waals surface area contributed by atoms with Crippen LogP contribution in [0.5, 0.6) is 0 Å². The second kappa shape index (κ2) is 5.87. The molecule has 3 nitrogen and oxygen atoms in total. The number of rotatable bonds is 3. The van der Waals surface area contributed by atoms with E-state index in [4.69, 9.17) is 11.6 Å². The first-order valence-corrected chi connectivity index (χ1v) is 8.84. The van der Waals surface area contributed by atoms with Crippen molar-refractivity contribution in [3.63, 3.8) is 0 Å². The summed E-state index contributed by atoms with van der Waals surface area (Å²) in [7, 11) is 0. The van der Waals surface area contributed by atoms with Crippen molar-refractivity contribution in [1.29, 1.82) is 0 Å². The topological polar surface area (TPSA) is 30.7 Å². The predicted octanol–water partition coefficient (Wildman–Crippen LogP) is 5.97. The summed E-state index contributed by atoms with van der Waals surface area (Å²) in [5, 5.41) is 1.04. The SMILES string of the molecule is Cc1sc(-c2c(F)ccc3c2nc(Cl)n3C(C)C)nc1C(C)C. The minimum atomic E-state index is -0.313. The molecule has 0 unspecified atom stereocenters. The highest BCUT2D eigenvalue weighted by Crippen LogP contribution is 2.38. The average Bonchev–Trinajstić information content (AvgIpc) is 2.98. The van der Waals surface area contributed by atoms with Gasteiger partial charge in [-0.25, -0.2) is 14.4 Å². The van der Waals surface area contributed by atoms with Crippen molar-refractivity contribution >= 4 is 34.0 Å². The normalized spacial score (nSPS) is 12.0. The van der Waals surface area contributed by atoms with Crippen LogP contribution in [-0.2, 0) is 0 Å². The fourth-order valence-corrected chi connectivity index (χ4v) is 4.34. The lowest BCUT2D eigenvalue weighted by Crippen LogP contribution is -2.00. The van der Waals surface area contributed by atoms with E-state index in [-0.39, 0.29) is 11.9 Å². The number of hydrogen-bond acceptors (Lipinski definition) is 3. The Bertz CT molecular complexity index is 880. The maximum absolute atomic E-state index is 14.6. The summed E-state index contributed by atoms with van der Waals surface area (Å²) in [6, 6.07) is 3.35. The monoisotopic (exact) mass is 351 g/mol. The molecule has 1 aromatic carbocycles. The zero-order valence-corrected chi connectivity index (χ0v) is 15.4. The lowest BCUT2D eigenvalue weighted by Gasteiger charge is -2.10. The van der Waals surface area contributed by atoms with Crippen LogP contribution in [0.4, 0.5) is 4.39 Å². The number of halogens is 2. The van der Waals surface area contributed by atoms with E-state index in [1.807, 2.05) is 25.3 Å². The largest absolute Gasteiger partial charge is 0.312 e. The van der Waals surface area contributed by atoms with Crippen LogP contribution in [0.3, 0.4) is 0 Å². The Morgan fingerprint density at radius 2 is 1.87 bits per heavy atom. The third kappa shape index (κ3) is 2.66. The zero-order valence-electron chi connectivity index (χ0n) is 13.8. The van der Waals surface area contributed by atoms with E-state index in [0.29, 0.717) is 27.3 Å². The van der Waals surface area contributed by atoms with Gasteiger partial charge in [-0.3, -0.25) is 0 Å². The number of benzene rings is 1. The van der Waals surface area contributed by atoms with Crippen molar-refractivity contribution in [3.8, 4) is 10.6 Å². The first-order chi connectivity index (χ1) is 10.8. The van der Waals surface area contributed by atoms with Crippen LogP contribution in [0, 0.1) is 12.7 Å². The van der Waals surface area contributed by atoms with Crippen LogP contribution in [0.2, 0.25) is 5.28 Å². The molecule has 0 radical (unpaired) electrons. The molecular formula is C17H19ClFN3S. The fraction of sp³-hybridized carbons (Fsp3) is 0.412. The highest BCUT2D eigenvalue weighted by molar-refractivity contribution is 7.15. The highest BCUT2D eigenvalue weighted by atomic mass is 35.5. The summed E-state index contributed by atoms with van der Waals surface area (Å²) in [5.74, 6) is -0.00861. The Balaban J connectivity index is 2.31. The van der Waals surface area contributed by atoms with Gasteiger partial charge in [0.05, 0.1) is 16.8 Å². The summed E-state index contributed by atoms with van der Waals surface area (Å²) in [4.78, 5) is 10.2. The molecule has 0 atom stereocenters. The van der Waals surface area contributed by atoms with Gasteiger partial charge < -0.3 is 4.57 Å². The van der Waals surface area contributed by atoms with Crippen LogP contribution in [0.15, 0.2) is 12.1 Å². The lowest BCUT2D eigenvalue weighted by atomic mass is 10.1. The summed E-state index contributed by atoms with van der Waals surface area (Å²) >= 11 is 7.78. The van der Waals surface area contributed by atoms with Gasteiger partial charge in [0.1, 0.15) is 16.3 Å². The Hall–Kier alpha value is -1.46. The van der Waals surface area contributed by atoms with Gasteiger partial charge in [0.15, 0.2) is 0 Å². The van der Waals surface area contributed by atoms with Gasteiger partial charge in [0.25, 0.3) is 0 Å². The summed E-state index contributed by atoms with van der Waals surface area (Å²) < 4.78 is 16.5. The summed E-state index contributed by atoms with van der Waals surface area (Å²) in [6.45, 7) is 10.3. The number of imidazole rings is 1. The van der Waals surface area contributed by atoms with Crippen molar-refractivity contribution in [3.05, 3.63) is 33.8 Å². The molecule has 0 aliphatic carbocycles. The molecule has 3 aromatic rings. The number of hydrogen-bond donors (Lipinski definition) is 0. The molecule has 0 bridgehead atoms. The van der Waals surface area contributed by atoms with E-state index in [0.717, 1.165) is 16.1 Å². The highest BCUT2D eigenvalue weighted by Gasteiger charge is 2.22. The van der Waals surface area contributed by atoms with Crippen molar-refractivity contribution in [1.82, 2.24) is 14.5 Å². The Kier molecular flexibility index (Phi) is 4.19. The van der Waals surface area contributed by atoms with Crippen LogP contribution in [0.1, 0.15) is 50.2 Å². The molecule has 122 valence electrons. The molecule has 0 fully saturated rings.